The van der Waals surface area contributed by atoms with E-state index < -0.39 is 0 Å². The van der Waals surface area contributed by atoms with E-state index in [2.05, 4.69) is 25.6 Å². The molecule has 0 bridgehead atoms. The van der Waals surface area contributed by atoms with Gasteiger partial charge in [0, 0.05) is 0 Å². The van der Waals surface area contributed by atoms with Crippen molar-refractivity contribution in [1.82, 2.24) is 0 Å². The summed E-state index contributed by atoms with van der Waals surface area (Å²) in [6.45, 7) is 4.58. The molecule has 0 saturated carbocycles. The van der Waals surface area contributed by atoms with E-state index in [4.69, 9.17) is 5.11 Å². The van der Waals surface area contributed by atoms with Crippen molar-refractivity contribution in [2.45, 2.75) is 104 Å². The van der Waals surface area contributed by atoms with E-state index in [-0.39, 0.29) is 48.9 Å². The van der Waals surface area contributed by atoms with Gasteiger partial charge in [0.2, 0.25) is 0 Å². The normalized spacial score (nSPS) is 10.0. The predicted octanol–water partition coefficient (Wildman–Crippen LogP) is 7.70. The first-order chi connectivity index (χ1) is 12.8. The van der Waals surface area contributed by atoms with Gasteiger partial charge < -0.3 is 5.11 Å². The monoisotopic (exact) mass is 520 g/mol. The molecule has 1 aromatic rings. The number of phenols is 1. The molecule has 0 fully saturated rings. The minimum absolute atomic E-state index is 0. The number of thioether (sulfide) groups is 1. The summed E-state index contributed by atoms with van der Waals surface area (Å²) in [6.07, 6.45) is 20.2. The van der Waals surface area contributed by atoms with Crippen molar-refractivity contribution in [1.29, 1.82) is 0 Å². The molecule has 0 aliphatic rings. The van der Waals surface area contributed by atoms with Crippen LogP contribution in [0.25, 0.3) is 0 Å². The van der Waals surface area contributed by atoms with Gasteiger partial charge >= 0.3 is 48.9 Å². The zero-order valence-corrected chi connectivity index (χ0v) is 18.4. The third-order valence-electron chi connectivity index (χ3n) is 4.54. The zero-order valence-electron chi connectivity index (χ0n) is 17.6. The first-order valence-corrected chi connectivity index (χ1v) is 12.3. The molecule has 0 unspecified atom stereocenters. The van der Waals surface area contributed by atoms with E-state index in [1.54, 1.807) is 24.3 Å². The van der Waals surface area contributed by atoms with Gasteiger partial charge in [-0.1, -0.05) is 109 Å². The van der Waals surface area contributed by atoms with Crippen molar-refractivity contribution in [3.8, 4) is 5.75 Å². The maximum absolute atomic E-state index is 8.63. The van der Waals surface area contributed by atoms with Gasteiger partial charge in [0.15, 0.2) is 0 Å². The molecule has 0 aliphatic carbocycles. The van der Waals surface area contributed by atoms with Gasteiger partial charge in [-0.15, -0.1) is 0 Å². The van der Waals surface area contributed by atoms with Gasteiger partial charge in [0.05, 0.1) is 0 Å². The van der Waals surface area contributed by atoms with Crippen molar-refractivity contribution in [3.05, 3.63) is 30.3 Å². The second-order valence-corrected chi connectivity index (χ2v) is 8.42. The maximum atomic E-state index is 8.63. The summed E-state index contributed by atoms with van der Waals surface area (Å²) in [6, 6.07) is 8.71. The summed E-state index contributed by atoms with van der Waals surface area (Å²) in [5.41, 5.74) is 0. The fraction of sp³-hybridized carbons (Fsp3) is 0.750. The number of aromatic hydroxyl groups is 1. The molecule has 27 heavy (non-hydrogen) atoms. The number of hydrogen-bond acceptors (Lipinski definition) is 2. The van der Waals surface area contributed by atoms with Crippen molar-refractivity contribution in [2.75, 3.05) is 11.5 Å². The van der Waals surface area contributed by atoms with Gasteiger partial charge in [-0.05, 0) is 36.5 Å². The SMILES string of the molecule is CCCCCCCCCSCCCCCCCCC.Oc1ccccc1.[BaH2]. The predicted molar refractivity (Wildman–Crippen MR) is 130 cm³/mol. The third kappa shape index (κ3) is 26.9. The quantitative estimate of drug-likeness (QED) is 0.178. The minimum atomic E-state index is 0. The van der Waals surface area contributed by atoms with Crippen molar-refractivity contribution >= 4 is 60.6 Å². The number of para-hydroxylation sites is 1. The van der Waals surface area contributed by atoms with Gasteiger partial charge in [-0.2, -0.15) is 11.8 Å². The molecule has 1 N–H and O–H groups in total. The molecule has 1 nitrogen and oxygen atoms in total. The van der Waals surface area contributed by atoms with Crippen LogP contribution in [0.5, 0.6) is 5.75 Å². The molecular formula is C24H46BaOS. The summed E-state index contributed by atoms with van der Waals surface area (Å²) in [5, 5.41) is 8.63. The Kier molecular flexibility index (Phi) is 30.1. The molecule has 0 amide bonds. The summed E-state index contributed by atoms with van der Waals surface area (Å²) in [4.78, 5) is 0. The van der Waals surface area contributed by atoms with Crippen molar-refractivity contribution in [3.63, 3.8) is 0 Å². The molecule has 0 atom stereocenters. The number of rotatable bonds is 16. The van der Waals surface area contributed by atoms with Crippen molar-refractivity contribution in [2.24, 2.45) is 0 Å². The number of unbranched alkanes of at least 4 members (excludes halogenated alkanes) is 12. The summed E-state index contributed by atoms with van der Waals surface area (Å²) in [7, 11) is 0. The summed E-state index contributed by atoms with van der Waals surface area (Å²) < 4.78 is 0. The number of phenolic OH excluding ortho intramolecular Hbond substituents is 1. The molecule has 3 heteroatoms. The van der Waals surface area contributed by atoms with Crippen LogP contribution in [0.15, 0.2) is 30.3 Å². The van der Waals surface area contributed by atoms with E-state index in [1.165, 1.54) is 101 Å². The Hall–Kier alpha value is 0.941. The Balaban J connectivity index is 0. The number of benzene rings is 1. The van der Waals surface area contributed by atoms with Gasteiger partial charge in [0.1, 0.15) is 5.75 Å². The molecule has 0 aliphatic heterocycles. The Labute approximate surface area is 214 Å². The van der Waals surface area contributed by atoms with Crippen LogP contribution in [0.2, 0.25) is 0 Å². The topological polar surface area (TPSA) is 20.2 Å². The first-order valence-electron chi connectivity index (χ1n) is 11.1. The van der Waals surface area contributed by atoms with E-state index >= 15 is 0 Å². The van der Waals surface area contributed by atoms with Gasteiger partial charge in [-0.3, -0.25) is 0 Å². The molecular weight excluding hydrogens is 474 g/mol. The first kappa shape index (κ1) is 30.1. The average Bonchev–Trinajstić information content (AvgIpc) is 2.66. The van der Waals surface area contributed by atoms with E-state index in [9.17, 15) is 0 Å². The molecule has 156 valence electrons. The fourth-order valence-corrected chi connectivity index (χ4v) is 3.87. The Morgan fingerprint density at radius 3 is 1.30 bits per heavy atom. The molecule has 0 radical (unpaired) electrons. The van der Waals surface area contributed by atoms with Crippen LogP contribution in [-0.4, -0.2) is 65.5 Å². The van der Waals surface area contributed by atoms with Gasteiger partial charge in [0.25, 0.3) is 0 Å². The molecule has 0 spiro atoms. The van der Waals surface area contributed by atoms with Crippen LogP contribution < -0.4 is 0 Å². The van der Waals surface area contributed by atoms with Gasteiger partial charge in [-0.25, -0.2) is 0 Å². The van der Waals surface area contributed by atoms with Crippen LogP contribution in [0.1, 0.15) is 104 Å². The molecule has 1 aromatic carbocycles. The van der Waals surface area contributed by atoms with E-state index in [1.807, 2.05) is 6.07 Å². The van der Waals surface area contributed by atoms with Crippen LogP contribution in [0.3, 0.4) is 0 Å². The molecule has 0 saturated heterocycles. The van der Waals surface area contributed by atoms with Crippen LogP contribution in [0.4, 0.5) is 0 Å². The second-order valence-electron chi connectivity index (χ2n) is 7.19. The van der Waals surface area contributed by atoms with Crippen molar-refractivity contribution < 1.29 is 5.11 Å². The molecule has 0 aromatic heterocycles. The average molecular weight is 520 g/mol. The standard InChI is InChI=1S/C18H38S.C6H6O.Ba.2H/c1-3-5-7-9-11-13-15-17-19-18-16-14-12-10-8-6-4-2;7-6-4-2-1-3-5-6;;;/h3-18H2,1-2H3;1-5,7H;;;. The fourth-order valence-electron chi connectivity index (χ4n) is 2.85. The Morgan fingerprint density at radius 1 is 0.593 bits per heavy atom. The Morgan fingerprint density at radius 2 is 0.963 bits per heavy atom. The molecule has 1 rings (SSSR count). The van der Waals surface area contributed by atoms with Crippen LogP contribution in [-0.2, 0) is 0 Å². The zero-order chi connectivity index (χ0) is 19.1. The Bertz CT molecular complexity index is 343. The van der Waals surface area contributed by atoms with E-state index in [0.29, 0.717) is 5.75 Å². The summed E-state index contributed by atoms with van der Waals surface area (Å²) in [5.74, 6) is 3.13. The van der Waals surface area contributed by atoms with E-state index in [0.717, 1.165) is 0 Å². The molecule has 0 heterocycles. The summed E-state index contributed by atoms with van der Waals surface area (Å²) >= 11 is 2.19. The van der Waals surface area contributed by atoms with Crippen LogP contribution >= 0.6 is 11.8 Å². The third-order valence-corrected chi connectivity index (χ3v) is 5.70. The van der Waals surface area contributed by atoms with Crippen LogP contribution in [0, 0.1) is 0 Å². The second kappa shape index (κ2) is 26.9. The number of hydrogen-bond donors (Lipinski definition) is 1.